The second kappa shape index (κ2) is 12.4. The fourth-order valence-electron chi connectivity index (χ4n) is 7.48. The van der Waals surface area contributed by atoms with Gasteiger partial charge < -0.3 is 33.7 Å². The minimum absolute atomic E-state index is 0.0153. The van der Waals surface area contributed by atoms with Crippen molar-refractivity contribution in [2.75, 3.05) is 6.61 Å². The highest BCUT2D eigenvalue weighted by atomic mass is 16.7. The molecule has 4 aliphatic carbocycles. The van der Waals surface area contributed by atoms with Crippen molar-refractivity contribution in [2.24, 2.45) is 17.8 Å². The molecule has 4 bridgehead atoms. The summed E-state index contributed by atoms with van der Waals surface area (Å²) in [5.41, 5.74) is 0.341. The van der Waals surface area contributed by atoms with E-state index in [1.54, 1.807) is 0 Å². The van der Waals surface area contributed by atoms with E-state index in [0.717, 1.165) is 24.8 Å². The van der Waals surface area contributed by atoms with Crippen LogP contribution in [0, 0.1) is 17.8 Å². The van der Waals surface area contributed by atoms with E-state index >= 15 is 0 Å². The standard InChI is InChI=1S/C30H39NO10/c1-17(32)36-16-24-26(38-18(2)33)27(39-19(3)34)25(31-29(35)37-15-20-7-5-4-6-8-20)28(40-24)41-30-12-21-9-22(13-30)11-23(10-21)14-30/h4-8,21-28H,9-16H2,1-3H3,(H,31,35)/t21?,22?,23?,24-,25+,26-,27-,28-,30?/m1/s1. The van der Waals surface area contributed by atoms with Gasteiger partial charge in [-0.1, -0.05) is 30.3 Å². The zero-order valence-electron chi connectivity index (χ0n) is 23.7. The molecule has 5 fully saturated rings. The molecule has 0 aromatic heterocycles. The van der Waals surface area contributed by atoms with Crippen molar-refractivity contribution in [2.45, 2.75) is 102 Å². The fraction of sp³-hybridized carbons (Fsp3) is 0.667. The topological polar surface area (TPSA) is 136 Å². The third kappa shape index (κ3) is 7.19. The molecule has 0 spiro atoms. The molecule has 5 aliphatic rings. The molecule has 6 rings (SSSR count). The molecule has 224 valence electrons. The monoisotopic (exact) mass is 573 g/mol. The van der Waals surface area contributed by atoms with Crippen LogP contribution in [0.4, 0.5) is 4.79 Å². The lowest BCUT2D eigenvalue weighted by Crippen LogP contribution is -2.68. The first kappa shape index (κ1) is 29.3. The van der Waals surface area contributed by atoms with E-state index in [-0.39, 0.29) is 13.2 Å². The van der Waals surface area contributed by atoms with Crippen molar-refractivity contribution in [3.8, 4) is 0 Å². The number of nitrogens with one attached hydrogen (secondary N) is 1. The number of esters is 3. The molecular weight excluding hydrogens is 534 g/mol. The summed E-state index contributed by atoms with van der Waals surface area (Å²) in [4.78, 5) is 49.2. The van der Waals surface area contributed by atoms with Crippen LogP contribution in [0.1, 0.15) is 64.9 Å². The predicted octanol–water partition coefficient (Wildman–Crippen LogP) is 3.42. The zero-order valence-corrected chi connectivity index (χ0v) is 23.7. The number of carbonyl (C=O) groups excluding carboxylic acids is 4. The first-order chi connectivity index (χ1) is 19.6. The zero-order chi connectivity index (χ0) is 29.1. The Morgan fingerprint density at radius 2 is 1.41 bits per heavy atom. The Kier molecular flexibility index (Phi) is 8.84. The summed E-state index contributed by atoms with van der Waals surface area (Å²) in [6, 6.07) is 8.12. The average molecular weight is 574 g/mol. The highest BCUT2D eigenvalue weighted by Gasteiger charge is 2.57. The Hall–Kier alpha value is -3.18. The van der Waals surface area contributed by atoms with E-state index < -0.39 is 60.2 Å². The van der Waals surface area contributed by atoms with E-state index in [1.165, 1.54) is 40.0 Å². The number of carbonyl (C=O) groups is 4. The minimum Gasteiger partial charge on any atom is -0.463 e. The summed E-state index contributed by atoms with van der Waals surface area (Å²) >= 11 is 0. The van der Waals surface area contributed by atoms with Gasteiger partial charge in [0, 0.05) is 20.8 Å². The number of benzene rings is 1. The molecule has 4 saturated carbocycles. The summed E-state index contributed by atoms with van der Waals surface area (Å²) in [6.07, 6.45) is 0.957. The molecule has 1 heterocycles. The number of ether oxygens (including phenoxy) is 6. The number of hydrogen-bond acceptors (Lipinski definition) is 10. The van der Waals surface area contributed by atoms with Crippen LogP contribution in [0.3, 0.4) is 0 Å². The summed E-state index contributed by atoms with van der Waals surface area (Å²) in [7, 11) is 0. The van der Waals surface area contributed by atoms with Gasteiger partial charge in [0.2, 0.25) is 0 Å². The molecule has 1 aromatic rings. The predicted molar refractivity (Wildman–Crippen MR) is 142 cm³/mol. The Balaban J connectivity index is 1.43. The van der Waals surface area contributed by atoms with E-state index in [1.807, 2.05) is 30.3 Å². The highest BCUT2D eigenvalue weighted by molar-refractivity contribution is 5.69. The van der Waals surface area contributed by atoms with Crippen LogP contribution < -0.4 is 5.32 Å². The molecule has 1 N–H and O–H groups in total. The van der Waals surface area contributed by atoms with Crippen molar-refractivity contribution in [1.29, 1.82) is 0 Å². The van der Waals surface area contributed by atoms with Crippen molar-refractivity contribution in [1.82, 2.24) is 5.32 Å². The molecule has 11 heteroatoms. The van der Waals surface area contributed by atoms with Crippen LogP contribution in [0.5, 0.6) is 0 Å². The summed E-state index contributed by atoms with van der Waals surface area (Å²) in [5.74, 6) is -0.152. The van der Waals surface area contributed by atoms with Crippen LogP contribution >= 0.6 is 0 Å². The van der Waals surface area contributed by atoms with Crippen LogP contribution in [-0.2, 0) is 49.4 Å². The van der Waals surface area contributed by atoms with Crippen LogP contribution in [0.25, 0.3) is 0 Å². The van der Waals surface area contributed by atoms with E-state index in [9.17, 15) is 19.2 Å². The molecular formula is C30H39NO10. The maximum atomic E-state index is 13.1. The minimum atomic E-state index is -1.20. The summed E-state index contributed by atoms with van der Waals surface area (Å²) in [5, 5.41) is 2.78. The number of amides is 1. The van der Waals surface area contributed by atoms with Gasteiger partial charge in [-0.25, -0.2) is 4.79 Å². The number of alkyl carbamates (subject to hydrolysis) is 1. The number of rotatable bonds is 9. The van der Waals surface area contributed by atoms with E-state index in [2.05, 4.69) is 5.32 Å². The van der Waals surface area contributed by atoms with Crippen molar-refractivity contribution in [3.63, 3.8) is 0 Å². The molecule has 41 heavy (non-hydrogen) atoms. The van der Waals surface area contributed by atoms with Crippen molar-refractivity contribution >= 4 is 24.0 Å². The Morgan fingerprint density at radius 1 is 0.829 bits per heavy atom. The summed E-state index contributed by atoms with van der Waals surface area (Å²) < 4.78 is 35.1. The van der Waals surface area contributed by atoms with Gasteiger partial charge >= 0.3 is 24.0 Å². The lowest BCUT2D eigenvalue weighted by molar-refractivity contribution is -0.321. The maximum Gasteiger partial charge on any atom is 0.407 e. The molecule has 1 aliphatic heterocycles. The van der Waals surface area contributed by atoms with Gasteiger partial charge in [0.05, 0.1) is 5.60 Å². The molecule has 5 atom stereocenters. The Morgan fingerprint density at radius 3 is 1.98 bits per heavy atom. The van der Waals surface area contributed by atoms with Crippen molar-refractivity contribution < 1.29 is 47.6 Å². The van der Waals surface area contributed by atoms with Gasteiger partial charge in [-0.05, 0) is 61.8 Å². The van der Waals surface area contributed by atoms with E-state index in [4.69, 9.17) is 28.4 Å². The van der Waals surface area contributed by atoms with Crippen LogP contribution in [-0.4, -0.2) is 66.9 Å². The highest BCUT2D eigenvalue weighted by Crippen LogP contribution is 2.57. The first-order valence-corrected chi connectivity index (χ1v) is 14.4. The van der Waals surface area contributed by atoms with E-state index in [0.29, 0.717) is 17.8 Å². The Labute approximate surface area is 239 Å². The lowest BCUT2D eigenvalue weighted by Gasteiger charge is -2.58. The third-order valence-corrected chi connectivity index (χ3v) is 8.55. The van der Waals surface area contributed by atoms with Gasteiger partial charge in [-0.2, -0.15) is 0 Å². The molecule has 0 radical (unpaired) electrons. The van der Waals surface area contributed by atoms with Crippen molar-refractivity contribution in [3.05, 3.63) is 35.9 Å². The second-order valence-electron chi connectivity index (χ2n) is 11.9. The SMILES string of the molecule is CC(=O)OC[C@H]1O[C@H](OC23CC4CC(CC(C4)C2)C3)[C@@H](NC(=O)OCc2ccccc2)[C@@H](OC(C)=O)[C@@H]1OC(C)=O. The molecule has 1 amide bonds. The lowest BCUT2D eigenvalue weighted by atomic mass is 9.54. The Bertz CT molecular complexity index is 1090. The van der Waals surface area contributed by atoms with Crippen LogP contribution in [0.2, 0.25) is 0 Å². The van der Waals surface area contributed by atoms with Gasteiger partial charge in [0.1, 0.15) is 25.4 Å². The first-order valence-electron chi connectivity index (χ1n) is 14.4. The second-order valence-corrected chi connectivity index (χ2v) is 11.9. The summed E-state index contributed by atoms with van der Waals surface area (Å²) in [6.45, 7) is 3.44. The normalized spacial score (nSPS) is 35.3. The quantitative estimate of drug-likeness (QED) is 0.346. The van der Waals surface area contributed by atoms with Gasteiger partial charge in [0.25, 0.3) is 0 Å². The average Bonchev–Trinajstić information content (AvgIpc) is 2.89. The molecule has 1 aromatic carbocycles. The number of hydrogen-bond donors (Lipinski definition) is 1. The van der Waals surface area contributed by atoms with Gasteiger partial charge in [-0.3, -0.25) is 14.4 Å². The van der Waals surface area contributed by atoms with Crippen LogP contribution in [0.15, 0.2) is 30.3 Å². The molecule has 0 unspecified atom stereocenters. The largest absolute Gasteiger partial charge is 0.463 e. The smallest absolute Gasteiger partial charge is 0.407 e. The fourth-order valence-corrected chi connectivity index (χ4v) is 7.48. The molecule has 1 saturated heterocycles. The van der Waals surface area contributed by atoms with Gasteiger partial charge in [-0.15, -0.1) is 0 Å². The molecule has 11 nitrogen and oxygen atoms in total. The maximum absolute atomic E-state index is 13.1. The van der Waals surface area contributed by atoms with Gasteiger partial charge in [0.15, 0.2) is 18.5 Å². The third-order valence-electron chi connectivity index (χ3n) is 8.55.